The van der Waals surface area contributed by atoms with E-state index in [0.717, 1.165) is 38.1 Å². The summed E-state index contributed by atoms with van der Waals surface area (Å²) in [4.78, 5) is 11.4. The van der Waals surface area contributed by atoms with Crippen molar-refractivity contribution in [3.8, 4) is 20.9 Å². The maximum absolute atomic E-state index is 5.65. The molecule has 6 heteroatoms. The summed E-state index contributed by atoms with van der Waals surface area (Å²) >= 11 is 3.45. The topological polar surface area (TPSA) is 51.0 Å². The van der Waals surface area contributed by atoms with Crippen LogP contribution in [0.4, 0.5) is 11.5 Å². The highest BCUT2D eigenvalue weighted by Gasteiger charge is 2.15. The fourth-order valence-electron chi connectivity index (χ4n) is 3.62. The molecule has 0 unspecified atom stereocenters. The second-order valence-electron chi connectivity index (χ2n) is 6.86. The first-order valence-electron chi connectivity index (χ1n) is 9.47. The third-order valence-electron chi connectivity index (χ3n) is 5.04. The van der Waals surface area contributed by atoms with Crippen LogP contribution in [0.2, 0.25) is 0 Å². The number of furan rings is 1. The lowest BCUT2D eigenvalue weighted by Gasteiger charge is -2.07. The summed E-state index contributed by atoms with van der Waals surface area (Å²) in [6, 6.07) is 18.7. The minimum absolute atomic E-state index is 0.719. The molecule has 6 aromatic rings. The summed E-state index contributed by atoms with van der Waals surface area (Å²) in [6.07, 6.45) is 7.35. The van der Waals surface area contributed by atoms with E-state index in [1.807, 2.05) is 30.6 Å². The van der Waals surface area contributed by atoms with Crippen LogP contribution in [-0.2, 0) is 0 Å². The van der Waals surface area contributed by atoms with Crippen molar-refractivity contribution in [3.63, 3.8) is 0 Å². The Kier molecular flexibility index (Phi) is 4.11. The monoisotopic (exact) mass is 425 g/mol. The highest BCUT2D eigenvalue weighted by Crippen LogP contribution is 2.42. The fraction of sp³-hybridized carbons (Fsp3) is 0. The highest BCUT2D eigenvalue weighted by molar-refractivity contribution is 7.19. The van der Waals surface area contributed by atoms with Gasteiger partial charge >= 0.3 is 0 Å². The number of nitrogens with zero attached hydrogens (tertiary/aromatic N) is 2. The number of pyridine rings is 2. The first-order chi connectivity index (χ1) is 14.9. The molecule has 0 saturated carbocycles. The van der Waals surface area contributed by atoms with Crippen LogP contribution in [0.5, 0.6) is 0 Å². The molecule has 0 bridgehead atoms. The standard InChI is InChI=1S/C24H15N3OS2/c1-2-4-15(5-3-1)19-6-7-20(30-19)17-12-25-13-21-22(17)18(14-29-21)27-24-23-16(8-10-26-24)9-11-28-23/h1-14H,(H,26,27). The number of hydrogen-bond acceptors (Lipinski definition) is 6. The quantitative estimate of drug-likeness (QED) is 0.316. The average molecular weight is 426 g/mol. The predicted octanol–water partition coefficient (Wildman–Crippen LogP) is 7.58. The zero-order valence-corrected chi connectivity index (χ0v) is 17.3. The van der Waals surface area contributed by atoms with Crippen molar-refractivity contribution in [2.45, 2.75) is 0 Å². The molecule has 0 saturated heterocycles. The van der Waals surface area contributed by atoms with Crippen LogP contribution in [-0.4, -0.2) is 9.97 Å². The van der Waals surface area contributed by atoms with Crippen LogP contribution in [0.3, 0.4) is 0 Å². The molecule has 5 aromatic heterocycles. The van der Waals surface area contributed by atoms with Gasteiger partial charge in [0.05, 0.1) is 16.7 Å². The minimum atomic E-state index is 0.719. The van der Waals surface area contributed by atoms with Gasteiger partial charge in [-0.2, -0.15) is 0 Å². The van der Waals surface area contributed by atoms with Gasteiger partial charge in [-0.25, -0.2) is 4.98 Å². The lowest BCUT2D eigenvalue weighted by molar-refractivity contribution is 0.615. The van der Waals surface area contributed by atoms with Crippen LogP contribution in [0.15, 0.2) is 89.2 Å². The van der Waals surface area contributed by atoms with E-state index in [9.17, 15) is 0 Å². The van der Waals surface area contributed by atoms with Crippen molar-refractivity contribution in [2.75, 3.05) is 5.32 Å². The van der Waals surface area contributed by atoms with Crippen LogP contribution in [0.25, 0.3) is 41.9 Å². The summed E-state index contributed by atoms with van der Waals surface area (Å²) in [5.74, 6) is 0.719. The molecular formula is C24H15N3OS2. The van der Waals surface area contributed by atoms with E-state index in [1.165, 1.54) is 15.3 Å². The summed E-state index contributed by atoms with van der Waals surface area (Å²) < 4.78 is 6.78. The third kappa shape index (κ3) is 2.89. The number of hydrogen-bond donors (Lipinski definition) is 1. The SMILES string of the molecule is c1ccc(-c2ccc(-c3cncc4scc(Nc5nccc6ccoc56)c34)s2)cc1. The van der Waals surface area contributed by atoms with Gasteiger partial charge in [-0.05, 0) is 29.8 Å². The molecule has 30 heavy (non-hydrogen) atoms. The van der Waals surface area contributed by atoms with Gasteiger partial charge in [0.1, 0.15) is 0 Å². The first kappa shape index (κ1) is 17.4. The Morgan fingerprint density at radius 2 is 1.80 bits per heavy atom. The van der Waals surface area contributed by atoms with Crippen molar-refractivity contribution < 1.29 is 4.42 Å². The summed E-state index contributed by atoms with van der Waals surface area (Å²) in [5, 5.41) is 7.79. The number of aromatic nitrogens is 2. The van der Waals surface area contributed by atoms with E-state index in [1.54, 1.807) is 35.1 Å². The Labute approximate surface area is 180 Å². The Morgan fingerprint density at radius 3 is 2.73 bits per heavy atom. The molecule has 0 amide bonds. The van der Waals surface area contributed by atoms with Gasteiger partial charge < -0.3 is 9.73 Å². The highest BCUT2D eigenvalue weighted by atomic mass is 32.1. The minimum Gasteiger partial charge on any atom is -0.460 e. The molecule has 0 spiro atoms. The van der Waals surface area contributed by atoms with Gasteiger partial charge in [-0.15, -0.1) is 22.7 Å². The summed E-state index contributed by atoms with van der Waals surface area (Å²) in [5.41, 5.74) is 4.12. The van der Waals surface area contributed by atoms with Crippen molar-refractivity contribution >= 4 is 55.2 Å². The van der Waals surface area contributed by atoms with Crippen molar-refractivity contribution in [1.29, 1.82) is 0 Å². The molecule has 0 atom stereocenters. The second kappa shape index (κ2) is 7.09. The molecule has 1 aromatic carbocycles. The Balaban J connectivity index is 1.46. The zero-order chi connectivity index (χ0) is 19.9. The van der Waals surface area contributed by atoms with E-state index < -0.39 is 0 Å². The van der Waals surface area contributed by atoms with E-state index in [2.05, 4.69) is 57.1 Å². The van der Waals surface area contributed by atoms with Crippen LogP contribution in [0, 0.1) is 0 Å². The maximum atomic E-state index is 5.65. The molecule has 0 radical (unpaired) electrons. The van der Waals surface area contributed by atoms with Crippen LogP contribution >= 0.6 is 22.7 Å². The van der Waals surface area contributed by atoms with E-state index in [4.69, 9.17) is 4.42 Å². The Hall–Kier alpha value is -3.48. The van der Waals surface area contributed by atoms with Gasteiger partial charge in [0.25, 0.3) is 0 Å². The van der Waals surface area contributed by atoms with Gasteiger partial charge in [0, 0.05) is 50.1 Å². The number of benzene rings is 1. The molecular weight excluding hydrogens is 410 g/mol. The third-order valence-corrected chi connectivity index (χ3v) is 7.12. The van der Waals surface area contributed by atoms with Gasteiger partial charge in [0.2, 0.25) is 0 Å². The molecule has 0 aliphatic heterocycles. The number of nitrogens with one attached hydrogen (secondary N) is 1. The smallest absolute Gasteiger partial charge is 0.176 e. The summed E-state index contributed by atoms with van der Waals surface area (Å²) in [6.45, 7) is 0. The fourth-order valence-corrected chi connectivity index (χ4v) is 5.53. The first-order valence-corrected chi connectivity index (χ1v) is 11.2. The molecule has 5 heterocycles. The van der Waals surface area contributed by atoms with Crippen LogP contribution < -0.4 is 5.32 Å². The lowest BCUT2D eigenvalue weighted by atomic mass is 10.1. The molecule has 1 N–H and O–H groups in total. The van der Waals surface area contributed by atoms with E-state index in [-0.39, 0.29) is 0 Å². The number of thiophene rings is 2. The van der Waals surface area contributed by atoms with Gasteiger partial charge in [-0.1, -0.05) is 30.3 Å². The van der Waals surface area contributed by atoms with Crippen LogP contribution in [0.1, 0.15) is 0 Å². The molecule has 0 aliphatic carbocycles. The normalized spacial score (nSPS) is 11.3. The largest absolute Gasteiger partial charge is 0.460 e. The molecule has 4 nitrogen and oxygen atoms in total. The molecule has 0 fully saturated rings. The van der Waals surface area contributed by atoms with Gasteiger partial charge in [-0.3, -0.25) is 4.98 Å². The second-order valence-corrected chi connectivity index (χ2v) is 8.86. The number of anilines is 2. The lowest BCUT2D eigenvalue weighted by Crippen LogP contribution is -1.93. The Bertz CT molecular complexity index is 1480. The van der Waals surface area contributed by atoms with Crippen molar-refractivity contribution in [2.24, 2.45) is 0 Å². The molecule has 6 rings (SSSR count). The number of rotatable bonds is 4. The molecule has 144 valence electrons. The Morgan fingerprint density at radius 1 is 0.900 bits per heavy atom. The van der Waals surface area contributed by atoms with Crippen molar-refractivity contribution in [3.05, 3.63) is 84.8 Å². The predicted molar refractivity (Wildman–Crippen MR) is 126 cm³/mol. The van der Waals surface area contributed by atoms with E-state index in [0.29, 0.717) is 0 Å². The maximum Gasteiger partial charge on any atom is 0.176 e. The average Bonchev–Trinajstić information content (AvgIpc) is 3.54. The van der Waals surface area contributed by atoms with E-state index >= 15 is 0 Å². The number of fused-ring (bicyclic) bond motifs is 2. The summed E-state index contributed by atoms with van der Waals surface area (Å²) in [7, 11) is 0. The zero-order valence-electron chi connectivity index (χ0n) is 15.7. The van der Waals surface area contributed by atoms with Gasteiger partial charge in [0.15, 0.2) is 11.4 Å². The van der Waals surface area contributed by atoms with Crippen molar-refractivity contribution in [1.82, 2.24) is 9.97 Å². The molecule has 0 aliphatic rings.